The molecule has 8 heteroatoms. The molecule has 0 aliphatic rings. The van der Waals surface area contributed by atoms with Crippen molar-refractivity contribution in [3.8, 4) is 28.3 Å². The van der Waals surface area contributed by atoms with Gasteiger partial charge in [-0.3, -0.25) is 0 Å². The monoisotopic (exact) mass is 454 g/mol. The van der Waals surface area contributed by atoms with Crippen molar-refractivity contribution in [2.45, 2.75) is 11.3 Å². The Morgan fingerprint density at radius 3 is 2.42 bits per heavy atom. The lowest BCUT2D eigenvalue weighted by atomic mass is 10.0. The first-order chi connectivity index (χ1) is 14.9. The van der Waals surface area contributed by atoms with Crippen molar-refractivity contribution in [1.82, 2.24) is 4.98 Å². The van der Waals surface area contributed by atoms with E-state index in [1.54, 1.807) is 36.4 Å². The van der Waals surface area contributed by atoms with Gasteiger partial charge in [0.1, 0.15) is 11.4 Å². The molecule has 2 N–H and O–H groups in total. The number of aromatic nitrogens is 1. The van der Waals surface area contributed by atoms with E-state index >= 15 is 0 Å². The zero-order chi connectivity index (χ0) is 22.0. The summed E-state index contributed by atoms with van der Waals surface area (Å²) in [6, 6.07) is 21.2. The lowest BCUT2D eigenvalue weighted by Gasteiger charge is -2.10. The molecule has 0 aliphatic heterocycles. The van der Waals surface area contributed by atoms with E-state index in [0.717, 1.165) is 5.56 Å². The van der Waals surface area contributed by atoms with Crippen molar-refractivity contribution >= 4 is 21.6 Å². The number of methoxy groups -OCH3 is 1. The van der Waals surface area contributed by atoms with Gasteiger partial charge in [-0.15, -0.1) is 0 Å². The molecule has 0 fully saturated rings. The van der Waals surface area contributed by atoms with Crippen molar-refractivity contribution in [2.24, 2.45) is 5.14 Å². The van der Waals surface area contributed by atoms with E-state index < -0.39 is 10.0 Å². The lowest BCUT2D eigenvalue weighted by Crippen LogP contribution is -2.13. The SMILES string of the molecule is COc1cc(Cl)ccc1-c1nc(Cc2ccccc2)oc1-c1ccccc1S(N)(=O)=O. The Kier molecular flexibility index (Phi) is 5.82. The molecule has 1 heterocycles. The lowest BCUT2D eigenvalue weighted by molar-refractivity contribution is 0.416. The number of benzene rings is 3. The van der Waals surface area contributed by atoms with Gasteiger partial charge in [0.15, 0.2) is 11.7 Å². The number of primary sulfonamides is 1. The number of rotatable bonds is 6. The summed E-state index contributed by atoms with van der Waals surface area (Å²) < 4.78 is 36.0. The summed E-state index contributed by atoms with van der Waals surface area (Å²) in [6.45, 7) is 0. The number of hydrogen-bond donors (Lipinski definition) is 1. The maximum Gasteiger partial charge on any atom is 0.238 e. The van der Waals surface area contributed by atoms with Gasteiger partial charge in [-0.2, -0.15) is 0 Å². The van der Waals surface area contributed by atoms with Gasteiger partial charge in [0.25, 0.3) is 0 Å². The minimum absolute atomic E-state index is 0.0495. The molecule has 0 spiro atoms. The summed E-state index contributed by atoms with van der Waals surface area (Å²) in [5.74, 6) is 1.20. The van der Waals surface area contributed by atoms with E-state index in [4.69, 9.17) is 25.9 Å². The fraction of sp³-hybridized carbons (Fsp3) is 0.0870. The third-order valence-corrected chi connectivity index (χ3v) is 5.93. The van der Waals surface area contributed by atoms with Crippen molar-refractivity contribution < 1.29 is 17.6 Å². The molecule has 0 radical (unpaired) electrons. The zero-order valence-electron chi connectivity index (χ0n) is 16.6. The standard InChI is InChI=1S/C23H19ClN2O4S/c1-29-19-14-16(24)11-12-17(19)22-23(18-9-5-6-10-20(18)31(25,27)28)30-21(26-22)13-15-7-3-2-4-8-15/h2-12,14H,13H2,1H3,(H2,25,27,28). The van der Waals surface area contributed by atoms with Crippen LogP contribution in [0.4, 0.5) is 0 Å². The molecule has 6 nitrogen and oxygen atoms in total. The molecular formula is C23H19ClN2O4S. The van der Waals surface area contributed by atoms with Gasteiger partial charge < -0.3 is 9.15 Å². The Labute approximate surface area is 185 Å². The topological polar surface area (TPSA) is 95.4 Å². The van der Waals surface area contributed by atoms with Gasteiger partial charge in [-0.25, -0.2) is 18.5 Å². The number of hydrogen-bond acceptors (Lipinski definition) is 5. The Bertz CT molecular complexity index is 1330. The largest absolute Gasteiger partial charge is 0.496 e. The smallest absolute Gasteiger partial charge is 0.238 e. The molecule has 0 bridgehead atoms. The number of sulfonamides is 1. The van der Waals surface area contributed by atoms with Crippen LogP contribution in [0.3, 0.4) is 0 Å². The molecular weight excluding hydrogens is 436 g/mol. The first-order valence-electron chi connectivity index (χ1n) is 9.36. The summed E-state index contributed by atoms with van der Waals surface area (Å²) in [6.07, 6.45) is 0.432. The Morgan fingerprint density at radius 1 is 1.00 bits per heavy atom. The van der Waals surface area contributed by atoms with Crippen LogP contribution in [0, 0.1) is 0 Å². The van der Waals surface area contributed by atoms with Crippen LogP contribution in [0.1, 0.15) is 11.5 Å². The van der Waals surface area contributed by atoms with Crippen molar-refractivity contribution in [1.29, 1.82) is 0 Å². The van der Waals surface area contributed by atoms with Crippen LogP contribution >= 0.6 is 11.6 Å². The van der Waals surface area contributed by atoms with Crippen LogP contribution in [-0.4, -0.2) is 20.5 Å². The minimum Gasteiger partial charge on any atom is -0.496 e. The highest BCUT2D eigenvalue weighted by Crippen LogP contribution is 2.40. The average molecular weight is 455 g/mol. The maximum atomic E-state index is 12.2. The van der Waals surface area contributed by atoms with Crippen LogP contribution in [-0.2, 0) is 16.4 Å². The molecule has 0 amide bonds. The van der Waals surface area contributed by atoms with Crippen LogP contribution in [0.25, 0.3) is 22.6 Å². The van der Waals surface area contributed by atoms with E-state index in [1.165, 1.54) is 13.2 Å². The van der Waals surface area contributed by atoms with E-state index in [1.807, 2.05) is 30.3 Å². The maximum absolute atomic E-state index is 12.2. The second kappa shape index (κ2) is 8.55. The third kappa shape index (κ3) is 4.49. The number of nitrogens with zero attached hydrogens (tertiary/aromatic N) is 1. The Morgan fingerprint density at radius 2 is 1.71 bits per heavy atom. The quantitative estimate of drug-likeness (QED) is 0.446. The summed E-state index contributed by atoms with van der Waals surface area (Å²) >= 11 is 6.12. The molecule has 31 heavy (non-hydrogen) atoms. The summed E-state index contributed by atoms with van der Waals surface area (Å²) in [7, 11) is -2.47. The summed E-state index contributed by atoms with van der Waals surface area (Å²) in [5, 5.41) is 5.96. The predicted molar refractivity (Wildman–Crippen MR) is 120 cm³/mol. The number of nitrogens with two attached hydrogens (primary N) is 1. The average Bonchev–Trinajstić information content (AvgIpc) is 3.17. The molecule has 0 atom stereocenters. The molecule has 0 saturated carbocycles. The Balaban J connectivity index is 1.95. The van der Waals surface area contributed by atoms with E-state index in [0.29, 0.717) is 39.9 Å². The van der Waals surface area contributed by atoms with Crippen LogP contribution < -0.4 is 9.88 Å². The second-order valence-electron chi connectivity index (χ2n) is 6.83. The first kappa shape index (κ1) is 21.1. The van der Waals surface area contributed by atoms with Crippen LogP contribution in [0.15, 0.2) is 82.1 Å². The Hall–Kier alpha value is -3.13. The highest BCUT2D eigenvalue weighted by atomic mass is 35.5. The highest BCUT2D eigenvalue weighted by Gasteiger charge is 2.25. The van der Waals surface area contributed by atoms with Crippen LogP contribution in [0.5, 0.6) is 5.75 Å². The number of halogens is 1. The fourth-order valence-electron chi connectivity index (χ4n) is 3.34. The van der Waals surface area contributed by atoms with Gasteiger partial charge in [0.2, 0.25) is 10.0 Å². The normalized spacial score (nSPS) is 11.5. The van der Waals surface area contributed by atoms with Gasteiger partial charge >= 0.3 is 0 Å². The number of ether oxygens (including phenoxy) is 1. The summed E-state index contributed by atoms with van der Waals surface area (Å²) in [5.41, 5.74) is 2.39. The molecule has 4 rings (SSSR count). The van der Waals surface area contributed by atoms with Crippen molar-refractivity contribution in [3.05, 3.63) is 89.3 Å². The van der Waals surface area contributed by atoms with E-state index in [9.17, 15) is 8.42 Å². The number of oxazole rings is 1. The molecule has 1 aromatic heterocycles. The third-order valence-electron chi connectivity index (χ3n) is 4.73. The van der Waals surface area contributed by atoms with Gasteiger partial charge in [-0.05, 0) is 35.9 Å². The zero-order valence-corrected chi connectivity index (χ0v) is 18.2. The molecule has 0 aliphatic carbocycles. The fourth-order valence-corrected chi connectivity index (χ4v) is 4.24. The van der Waals surface area contributed by atoms with Gasteiger partial charge in [0.05, 0.1) is 12.0 Å². The van der Waals surface area contributed by atoms with Gasteiger partial charge in [0, 0.05) is 22.6 Å². The molecule has 158 valence electrons. The first-order valence-corrected chi connectivity index (χ1v) is 11.3. The van der Waals surface area contributed by atoms with E-state index in [-0.39, 0.29) is 10.7 Å². The van der Waals surface area contributed by atoms with Crippen LogP contribution in [0.2, 0.25) is 5.02 Å². The molecule has 4 aromatic rings. The molecule has 3 aromatic carbocycles. The second-order valence-corrected chi connectivity index (χ2v) is 8.80. The predicted octanol–water partition coefficient (Wildman–Crippen LogP) is 4.91. The van der Waals surface area contributed by atoms with Crippen molar-refractivity contribution in [3.63, 3.8) is 0 Å². The molecule has 0 unspecified atom stereocenters. The van der Waals surface area contributed by atoms with Crippen molar-refractivity contribution in [2.75, 3.05) is 7.11 Å². The van der Waals surface area contributed by atoms with Gasteiger partial charge in [-0.1, -0.05) is 54.1 Å². The molecule has 0 saturated heterocycles. The van der Waals surface area contributed by atoms with E-state index in [2.05, 4.69) is 4.98 Å². The minimum atomic E-state index is -3.99. The highest BCUT2D eigenvalue weighted by molar-refractivity contribution is 7.89. The summed E-state index contributed by atoms with van der Waals surface area (Å²) in [4.78, 5) is 4.64.